The first-order chi connectivity index (χ1) is 23.3. The number of carbonyl (C=O) groups is 4. The van der Waals surface area contributed by atoms with Gasteiger partial charge in [0.2, 0.25) is 21.8 Å². The minimum absolute atomic E-state index is 0.0475. The predicted octanol–water partition coefficient (Wildman–Crippen LogP) is 2.37. The van der Waals surface area contributed by atoms with E-state index < -0.39 is 73.9 Å². The molecule has 14 nitrogen and oxygen atoms in total. The topological polar surface area (TPSA) is 183 Å². The highest BCUT2D eigenvalue weighted by atomic mass is 32.2. The summed E-state index contributed by atoms with van der Waals surface area (Å²) >= 11 is 0. The van der Waals surface area contributed by atoms with E-state index in [1.807, 2.05) is 42.5 Å². The highest BCUT2D eigenvalue weighted by molar-refractivity contribution is 7.91. The summed E-state index contributed by atoms with van der Waals surface area (Å²) in [5.74, 6) is -4.27. The van der Waals surface area contributed by atoms with E-state index in [9.17, 15) is 27.6 Å². The van der Waals surface area contributed by atoms with Crippen molar-refractivity contribution in [2.24, 2.45) is 11.8 Å². The van der Waals surface area contributed by atoms with Crippen LogP contribution in [-0.2, 0) is 40.5 Å². The van der Waals surface area contributed by atoms with Gasteiger partial charge in [-0.15, -0.1) is 10.2 Å². The Kier molecular flexibility index (Phi) is 9.66. The zero-order valence-electron chi connectivity index (χ0n) is 28.2. The molecule has 2 saturated carbocycles. The molecule has 5 atom stereocenters. The van der Waals surface area contributed by atoms with Crippen molar-refractivity contribution in [1.29, 1.82) is 0 Å². The molecule has 2 aromatic rings. The smallest absolute Gasteiger partial charge is 0.319 e. The van der Waals surface area contributed by atoms with Crippen molar-refractivity contribution in [2.75, 3.05) is 6.54 Å². The van der Waals surface area contributed by atoms with Gasteiger partial charge in [0.05, 0.1) is 11.8 Å². The maximum atomic E-state index is 14.3. The van der Waals surface area contributed by atoms with Crippen LogP contribution < -0.4 is 10.0 Å². The SMILES string of the molecule is CC(C)(C)OC(=O)[C@H]1CCCCC/C=C\[C@H]2C[C@@]2(C(=O)NS(=O)(=O)C2CC2)NC(=O)[C@@H]2C[C@@H](c3nnn(Cc4ccccc4)n3)CN2C1=O. The molecule has 0 radical (unpaired) electrons. The Morgan fingerprint density at radius 2 is 1.84 bits per heavy atom. The maximum Gasteiger partial charge on any atom is 0.319 e. The fraction of sp³-hybridized carbons (Fsp3) is 0.618. The van der Waals surface area contributed by atoms with Crippen molar-refractivity contribution in [3.05, 3.63) is 53.9 Å². The first-order valence-electron chi connectivity index (χ1n) is 17.2. The number of carbonyl (C=O) groups excluding carboxylic acids is 4. The van der Waals surface area contributed by atoms with Gasteiger partial charge in [-0.05, 0) is 76.5 Å². The summed E-state index contributed by atoms with van der Waals surface area (Å²) in [6.07, 6.45) is 8.21. The number of esters is 1. The number of hydrogen-bond acceptors (Lipinski definition) is 10. The monoisotopic (exact) mass is 695 g/mol. The zero-order chi connectivity index (χ0) is 35.0. The lowest BCUT2D eigenvalue weighted by molar-refractivity contribution is -0.166. The Morgan fingerprint density at radius 1 is 1.08 bits per heavy atom. The molecule has 3 fully saturated rings. The molecule has 3 heterocycles. The number of nitrogens with one attached hydrogen (secondary N) is 2. The van der Waals surface area contributed by atoms with Gasteiger partial charge in [-0.3, -0.25) is 23.9 Å². The van der Waals surface area contributed by atoms with E-state index >= 15 is 0 Å². The summed E-state index contributed by atoms with van der Waals surface area (Å²) in [4.78, 5) is 58.5. The Hall–Kier alpha value is -4.14. The predicted molar refractivity (Wildman–Crippen MR) is 177 cm³/mol. The first kappa shape index (κ1) is 34.7. The van der Waals surface area contributed by atoms with Gasteiger partial charge < -0.3 is 15.0 Å². The summed E-state index contributed by atoms with van der Waals surface area (Å²) in [5, 5.41) is 15.3. The van der Waals surface area contributed by atoms with Crippen molar-refractivity contribution in [2.45, 2.75) is 113 Å². The lowest BCUT2D eigenvalue weighted by Crippen LogP contribution is -2.57. The van der Waals surface area contributed by atoms with Crippen LogP contribution in [0.2, 0.25) is 0 Å². The highest BCUT2D eigenvalue weighted by Gasteiger charge is 2.62. The van der Waals surface area contributed by atoms with Gasteiger partial charge in [-0.1, -0.05) is 55.3 Å². The number of allylic oxidation sites excluding steroid dienone is 1. The lowest BCUT2D eigenvalue weighted by atomic mass is 9.98. The van der Waals surface area contributed by atoms with Gasteiger partial charge in [0.1, 0.15) is 23.1 Å². The molecular formula is C34H45N7O7S. The molecule has 264 valence electrons. The molecule has 0 unspecified atom stereocenters. The fourth-order valence-electron chi connectivity index (χ4n) is 6.68. The van der Waals surface area contributed by atoms with E-state index in [1.165, 1.54) is 9.70 Å². The second kappa shape index (κ2) is 13.6. The number of fused-ring (bicyclic) bond motifs is 2. The van der Waals surface area contributed by atoms with Gasteiger partial charge in [-0.25, -0.2) is 8.42 Å². The van der Waals surface area contributed by atoms with Crippen LogP contribution in [0.3, 0.4) is 0 Å². The number of sulfonamides is 1. The van der Waals surface area contributed by atoms with Crippen LogP contribution in [0.1, 0.15) is 95.9 Å². The first-order valence-corrected chi connectivity index (χ1v) is 18.7. The van der Waals surface area contributed by atoms with Crippen LogP contribution in [0.4, 0.5) is 0 Å². The number of ether oxygens (including phenoxy) is 1. The molecular weight excluding hydrogens is 650 g/mol. The third-order valence-corrected chi connectivity index (χ3v) is 11.4. The largest absolute Gasteiger partial charge is 0.459 e. The van der Waals surface area contributed by atoms with Crippen molar-refractivity contribution < 1.29 is 32.3 Å². The van der Waals surface area contributed by atoms with Crippen LogP contribution in [0.15, 0.2) is 42.5 Å². The molecule has 0 spiro atoms. The molecule has 0 bridgehead atoms. The molecule has 3 amide bonds. The minimum Gasteiger partial charge on any atom is -0.459 e. The molecule has 2 aliphatic carbocycles. The second-order valence-corrected chi connectivity index (χ2v) is 16.7. The van der Waals surface area contributed by atoms with E-state index in [4.69, 9.17) is 4.74 Å². The molecule has 4 aliphatic rings. The van der Waals surface area contributed by atoms with Crippen LogP contribution >= 0.6 is 0 Å². The number of hydrogen-bond donors (Lipinski definition) is 2. The van der Waals surface area contributed by atoms with Crippen molar-refractivity contribution in [3.63, 3.8) is 0 Å². The van der Waals surface area contributed by atoms with E-state index in [0.29, 0.717) is 38.1 Å². The Balaban J connectivity index is 1.30. The van der Waals surface area contributed by atoms with E-state index in [0.717, 1.165) is 18.4 Å². The summed E-state index contributed by atoms with van der Waals surface area (Å²) < 4.78 is 33.4. The number of tetrazole rings is 1. The third-order valence-electron chi connectivity index (χ3n) is 9.57. The molecule has 2 aliphatic heterocycles. The van der Waals surface area contributed by atoms with Crippen LogP contribution in [-0.4, -0.2) is 86.2 Å². The third kappa shape index (κ3) is 8.03. The number of nitrogens with zero attached hydrogens (tertiary/aromatic N) is 5. The van der Waals surface area contributed by atoms with Gasteiger partial charge in [0.15, 0.2) is 5.82 Å². The normalized spacial score (nSPS) is 28.7. The summed E-state index contributed by atoms with van der Waals surface area (Å²) in [6.45, 7) is 5.64. The Labute approximate surface area is 286 Å². The van der Waals surface area contributed by atoms with E-state index in [-0.39, 0.29) is 25.8 Å². The number of amides is 3. The van der Waals surface area contributed by atoms with E-state index in [2.05, 4.69) is 25.4 Å². The number of rotatable bonds is 7. The summed E-state index contributed by atoms with van der Waals surface area (Å²) in [5.41, 5.74) is -1.34. The van der Waals surface area contributed by atoms with Crippen molar-refractivity contribution >= 4 is 33.7 Å². The Bertz CT molecular complexity index is 1720. The average Bonchev–Trinajstić information content (AvgIpc) is 3.91. The summed E-state index contributed by atoms with van der Waals surface area (Å²) in [6, 6.07) is 8.54. The quantitative estimate of drug-likeness (QED) is 0.248. The molecule has 6 rings (SSSR count). The molecule has 1 aromatic heterocycles. The maximum absolute atomic E-state index is 14.3. The number of benzene rings is 1. The van der Waals surface area contributed by atoms with Gasteiger partial charge in [0.25, 0.3) is 5.91 Å². The fourth-order valence-corrected chi connectivity index (χ4v) is 8.04. The van der Waals surface area contributed by atoms with Gasteiger partial charge in [-0.2, -0.15) is 4.80 Å². The van der Waals surface area contributed by atoms with Gasteiger partial charge >= 0.3 is 5.97 Å². The Morgan fingerprint density at radius 3 is 2.55 bits per heavy atom. The van der Waals surface area contributed by atoms with Gasteiger partial charge in [0, 0.05) is 18.4 Å². The van der Waals surface area contributed by atoms with E-state index in [1.54, 1.807) is 20.8 Å². The van der Waals surface area contributed by atoms with Crippen LogP contribution in [0.25, 0.3) is 0 Å². The van der Waals surface area contributed by atoms with Crippen molar-refractivity contribution in [3.8, 4) is 0 Å². The standard InChI is InChI=1S/C34H45N7O7S/c1-33(2,3)48-31(44)26-15-11-6-4-5-10-14-24-19-34(24,32(45)38-49(46,47)25-16-17-25)35-29(42)27-18-23(21-40(27)30(26)43)28-36-39-41(37-28)20-22-12-8-7-9-13-22/h7-10,12-14,23-27H,4-6,11,15-21H2,1-3H3,(H,35,42)(H,38,45)/b14-10-/t23-,24+,26+,27+,34-/m1/s1. The average molecular weight is 696 g/mol. The van der Waals surface area contributed by atoms with Crippen LogP contribution in [0, 0.1) is 11.8 Å². The molecule has 49 heavy (non-hydrogen) atoms. The number of aromatic nitrogens is 4. The summed E-state index contributed by atoms with van der Waals surface area (Å²) in [7, 11) is -3.87. The molecule has 1 aromatic carbocycles. The lowest BCUT2D eigenvalue weighted by Gasteiger charge is -2.30. The molecule has 2 N–H and O–H groups in total. The second-order valence-electron chi connectivity index (χ2n) is 14.7. The van der Waals surface area contributed by atoms with Crippen LogP contribution in [0.5, 0.6) is 0 Å². The molecule has 15 heteroatoms. The molecule has 1 saturated heterocycles. The minimum atomic E-state index is -3.87. The van der Waals surface area contributed by atoms with Crippen molar-refractivity contribution in [1.82, 2.24) is 35.1 Å². The zero-order valence-corrected chi connectivity index (χ0v) is 29.0. The highest BCUT2D eigenvalue weighted by Crippen LogP contribution is 2.46.